The summed E-state index contributed by atoms with van der Waals surface area (Å²) in [7, 11) is 1.71. The van der Waals surface area contributed by atoms with Crippen LogP contribution < -0.4 is 0 Å². The lowest BCUT2D eigenvalue weighted by Gasteiger charge is -2.09. The minimum absolute atomic E-state index is 0.192. The SMILES string of the molecule is CC[S+]([O-])c1c(-c2nc3cc(C(F)(F)F)ncc3n2C)sc2cc(Cl)sc12. The minimum atomic E-state index is -4.54. The molecule has 0 aliphatic rings. The maximum atomic E-state index is 13.0. The average molecular weight is 450 g/mol. The third-order valence-electron chi connectivity index (χ3n) is 4.04. The van der Waals surface area contributed by atoms with Gasteiger partial charge in [-0.05, 0) is 30.2 Å². The van der Waals surface area contributed by atoms with E-state index in [9.17, 15) is 17.7 Å². The van der Waals surface area contributed by atoms with Crippen LogP contribution in [-0.2, 0) is 24.4 Å². The summed E-state index contributed by atoms with van der Waals surface area (Å²) in [5, 5.41) is 0. The molecule has 0 fully saturated rings. The number of imidazole rings is 1. The van der Waals surface area contributed by atoms with E-state index < -0.39 is 23.0 Å². The fourth-order valence-corrected chi connectivity index (χ4v) is 7.14. The largest absolute Gasteiger partial charge is 0.611 e. The Kier molecular flexibility index (Phi) is 4.66. The van der Waals surface area contributed by atoms with E-state index in [-0.39, 0.29) is 5.52 Å². The summed E-state index contributed by atoms with van der Waals surface area (Å²) in [6.07, 6.45) is -3.37. The Morgan fingerprint density at radius 2 is 2.04 bits per heavy atom. The standard InChI is InChI=1S/C16H11ClF3N3OS3/c1-3-27(24)14-12-9(5-11(17)26-12)25-13(14)15-22-7-4-10(16(18,19)20)21-6-8(7)23(15)2/h4-6H,3H2,1-2H3. The first kappa shape index (κ1) is 19.0. The Bertz CT molecular complexity index is 1160. The molecule has 0 N–H and O–H groups in total. The van der Waals surface area contributed by atoms with Crippen molar-refractivity contribution >= 4 is 65.9 Å². The van der Waals surface area contributed by atoms with Gasteiger partial charge in [0.2, 0.25) is 0 Å². The van der Waals surface area contributed by atoms with Crippen molar-refractivity contribution in [2.45, 2.75) is 18.0 Å². The smallest absolute Gasteiger partial charge is 0.433 e. The van der Waals surface area contributed by atoms with Crippen LogP contribution in [0.1, 0.15) is 12.6 Å². The van der Waals surface area contributed by atoms with Crippen molar-refractivity contribution in [2.75, 3.05) is 5.75 Å². The molecular formula is C16H11ClF3N3OS3. The number of fused-ring (bicyclic) bond motifs is 2. The summed E-state index contributed by atoms with van der Waals surface area (Å²) in [5.41, 5.74) is -0.324. The van der Waals surface area contributed by atoms with Crippen molar-refractivity contribution in [3.05, 3.63) is 28.4 Å². The van der Waals surface area contributed by atoms with Gasteiger partial charge >= 0.3 is 6.18 Å². The number of hydrogen-bond donors (Lipinski definition) is 0. The van der Waals surface area contributed by atoms with Gasteiger partial charge in [0.05, 0.1) is 26.3 Å². The Hall–Kier alpha value is -1.33. The van der Waals surface area contributed by atoms with Crippen LogP contribution in [-0.4, -0.2) is 24.8 Å². The monoisotopic (exact) mass is 449 g/mol. The first-order valence-corrected chi connectivity index (χ1v) is 11.0. The van der Waals surface area contributed by atoms with Crippen LogP contribution in [0.25, 0.3) is 31.1 Å². The van der Waals surface area contributed by atoms with Crippen LogP contribution in [0.2, 0.25) is 4.34 Å². The van der Waals surface area contributed by atoms with E-state index in [1.807, 2.05) is 6.92 Å². The molecule has 27 heavy (non-hydrogen) atoms. The molecule has 0 aliphatic heterocycles. The summed E-state index contributed by atoms with van der Waals surface area (Å²) < 4.78 is 55.5. The van der Waals surface area contributed by atoms with Crippen molar-refractivity contribution in [3.8, 4) is 10.7 Å². The molecule has 4 rings (SSSR count). The average Bonchev–Trinajstić information content (AvgIpc) is 3.23. The molecule has 1 unspecified atom stereocenters. The third kappa shape index (κ3) is 3.13. The number of pyridine rings is 1. The van der Waals surface area contributed by atoms with Gasteiger partial charge in [0.15, 0.2) is 10.7 Å². The Balaban J connectivity index is 1.97. The zero-order valence-electron chi connectivity index (χ0n) is 13.9. The second-order valence-electron chi connectivity index (χ2n) is 5.69. The number of aromatic nitrogens is 3. The fourth-order valence-electron chi connectivity index (χ4n) is 2.78. The third-order valence-corrected chi connectivity index (χ3v) is 8.23. The molecule has 0 saturated heterocycles. The number of thiophene rings is 2. The molecule has 0 radical (unpaired) electrons. The van der Waals surface area contributed by atoms with Crippen LogP contribution in [0, 0.1) is 0 Å². The van der Waals surface area contributed by atoms with Gasteiger partial charge < -0.3 is 9.12 Å². The molecule has 11 heteroatoms. The van der Waals surface area contributed by atoms with E-state index in [4.69, 9.17) is 11.6 Å². The number of aryl methyl sites for hydroxylation is 1. The van der Waals surface area contributed by atoms with Crippen LogP contribution in [0.3, 0.4) is 0 Å². The van der Waals surface area contributed by atoms with Gasteiger partial charge in [0, 0.05) is 7.05 Å². The van der Waals surface area contributed by atoms with Crippen molar-refractivity contribution in [1.29, 1.82) is 0 Å². The minimum Gasteiger partial charge on any atom is -0.611 e. The lowest BCUT2D eigenvalue weighted by atomic mass is 10.3. The molecule has 0 aliphatic carbocycles. The van der Waals surface area contributed by atoms with E-state index in [2.05, 4.69) is 9.97 Å². The second-order valence-corrected chi connectivity index (χ2v) is 10.1. The molecule has 4 nitrogen and oxygen atoms in total. The lowest BCUT2D eigenvalue weighted by molar-refractivity contribution is -0.141. The van der Waals surface area contributed by atoms with Gasteiger partial charge in [-0.25, -0.2) is 9.97 Å². The van der Waals surface area contributed by atoms with Crippen molar-refractivity contribution in [2.24, 2.45) is 7.05 Å². The Morgan fingerprint density at radius 1 is 1.30 bits per heavy atom. The van der Waals surface area contributed by atoms with Gasteiger partial charge in [-0.1, -0.05) is 11.6 Å². The zero-order chi connectivity index (χ0) is 19.5. The number of hydrogen-bond acceptors (Lipinski definition) is 5. The molecule has 0 saturated carbocycles. The predicted octanol–water partition coefficient (Wildman–Crippen LogP) is 5.71. The highest BCUT2D eigenvalue weighted by Gasteiger charge is 2.34. The molecule has 4 heterocycles. The second kappa shape index (κ2) is 6.63. The van der Waals surface area contributed by atoms with Crippen molar-refractivity contribution < 1.29 is 17.7 Å². The van der Waals surface area contributed by atoms with Crippen LogP contribution in [0.4, 0.5) is 13.2 Å². The highest BCUT2D eigenvalue weighted by atomic mass is 35.5. The van der Waals surface area contributed by atoms with Crippen molar-refractivity contribution in [3.63, 3.8) is 0 Å². The summed E-state index contributed by atoms with van der Waals surface area (Å²) in [5.74, 6) is 0.880. The van der Waals surface area contributed by atoms with E-state index in [1.165, 1.54) is 22.7 Å². The summed E-state index contributed by atoms with van der Waals surface area (Å²) >= 11 is 7.55. The molecule has 0 bridgehead atoms. The molecule has 4 aromatic rings. The Morgan fingerprint density at radius 3 is 2.70 bits per heavy atom. The van der Waals surface area contributed by atoms with E-state index in [0.29, 0.717) is 31.2 Å². The zero-order valence-corrected chi connectivity index (χ0v) is 17.1. The van der Waals surface area contributed by atoms with Crippen LogP contribution in [0.15, 0.2) is 23.2 Å². The normalized spacial score (nSPS) is 13.7. The van der Waals surface area contributed by atoms with Gasteiger partial charge in [0.25, 0.3) is 0 Å². The molecule has 142 valence electrons. The molecule has 0 spiro atoms. The number of alkyl halides is 3. The molecule has 0 aromatic carbocycles. The molecule has 0 amide bonds. The van der Waals surface area contributed by atoms with Gasteiger partial charge in [-0.2, -0.15) is 13.2 Å². The first-order chi connectivity index (χ1) is 12.7. The van der Waals surface area contributed by atoms with Crippen molar-refractivity contribution in [1.82, 2.24) is 14.5 Å². The molecule has 1 atom stereocenters. The van der Waals surface area contributed by atoms with Crippen LogP contribution in [0.5, 0.6) is 0 Å². The Labute approximate surface area is 167 Å². The van der Waals surface area contributed by atoms with E-state index >= 15 is 0 Å². The fraction of sp³-hybridized carbons (Fsp3) is 0.250. The maximum Gasteiger partial charge on any atom is 0.433 e. The van der Waals surface area contributed by atoms with Crippen LogP contribution >= 0.6 is 34.3 Å². The predicted molar refractivity (Wildman–Crippen MR) is 104 cm³/mol. The maximum absolute atomic E-state index is 13.0. The van der Waals surface area contributed by atoms with Gasteiger partial charge in [-0.3, -0.25) is 0 Å². The first-order valence-electron chi connectivity index (χ1n) is 7.71. The topological polar surface area (TPSA) is 53.8 Å². The highest BCUT2D eigenvalue weighted by Crippen LogP contribution is 2.46. The number of rotatable bonds is 3. The lowest BCUT2D eigenvalue weighted by Crippen LogP contribution is -2.07. The summed E-state index contributed by atoms with van der Waals surface area (Å²) in [6.45, 7) is 1.81. The highest BCUT2D eigenvalue weighted by molar-refractivity contribution is 7.92. The number of nitrogens with zero attached hydrogens (tertiary/aromatic N) is 3. The van der Waals surface area contributed by atoms with E-state index in [0.717, 1.165) is 21.7 Å². The molecular weight excluding hydrogens is 439 g/mol. The summed E-state index contributed by atoms with van der Waals surface area (Å²) in [4.78, 5) is 9.22. The van der Waals surface area contributed by atoms with Gasteiger partial charge in [0.1, 0.15) is 21.0 Å². The molecule has 4 aromatic heterocycles. The quantitative estimate of drug-likeness (QED) is 0.376. The number of halogens is 4. The summed E-state index contributed by atoms with van der Waals surface area (Å²) in [6, 6.07) is 2.74. The van der Waals surface area contributed by atoms with Gasteiger partial charge in [-0.15, -0.1) is 22.7 Å². The van der Waals surface area contributed by atoms with E-state index in [1.54, 1.807) is 17.7 Å².